The van der Waals surface area contributed by atoms with Gasteiger partial charge in [0.05, 0.1) is 11.9 Å². The van der Waals surface area contributed by atoms with Gasteiger partial charge in [0.2, 0.25) is 10.1 Å². The molecule has 2 aromatic heterocycles. The smallest absolute Gasteiger partial charge is 0.214 e. The summed E-state index contributed by atoms with van der Waals surface area (Å²) >= 11 is 7.46. The van der Waals surface area contributed by atoms with Gasteiger partial charge in [-0.15, -0.1) is 5.10 Å². The Labute approximate surface area is 142 Å². The molecule has 23 heavy (non-hydrogen) atoms. The summed E-state index contributed by atoms with van der Waals surface area (Å²) in [6, 6.07) is 17.9. The molecule has 0 aliphatic heterocycles. The number of imidazole rings is 1. The van der Waals surface area contributed by atoms with Crippen LogP contribution >= 0.6 is 22.9 Å². The fourth-order valence-electron chi connectivity index (χ4n) is 2.30. The molecule has 1 N–H and O–H groups in total. The summed E-state index contributed by atoms with van der Waals surface area (Å²) in [5.41, 5.74) is 3.16. The van der Waals surface area contributed by atoms with E-state index in [9.17, 15) is 0 Å². The van der Waals surface area contributed by atoms with Gasteiger partial charge in [-0.1, -0.05) is 65.4 Å². The summed E-state index contributed by atoms with van der Waals surface area (Å²) in [7, 11) is 0. The zero-order valence-electron chi connectivity index (χ0n) is 12.1. The SMILES string of the molecule is Clc1ccc(-c2cn3nc(NCc4ccccc4)sc3n2)cc1. The lowest BCUT2D eigenvalue weighted by Gasteiger charge is -2.01. The summed E-state index contributed by atoms with van der Waals surface area (Å²) in [4.78, 5) is 5.49. The molecule has 0 aliphatic carbocycles. The van der Waals surface area contributed by atoms with E-state index in [1.54, 1.807) is 0 Å². The van der Waals surface area contributed by atoms with Crippen LogP contribution in [0.4, 0.5) is 5.13 Å². The molecule has 6 heteroatoms. The molecule has 0 atom stereocenters. The second kappa shape index (κ2) is 6.02. The van der Waals surface area contributed by atoms with Crippen LogP contribution in [0.5, 0.6) is 0 Å². The number of nitrogens with one attached hydrogen (secondary N) is 1. The Kier molecular flexibility index (Phi) is 3.73. The number of fused-ring (bicyclic) bond motifs is 1. The molecule has 114 valence electrons. The van der Waals surface area contributed by atoms with Gasteiger partial charge in [-0.05, 0) is 17.7 Å². The minimum atomic E-state index is 0.722. The fourth-order valence-corrected chi connectivity index (χ4v) is 3.21. The number of nitrogens with zero attached hydrogens (tertiary/aromatic N) is 3. The molecule has 0 fully saturated rings. The summed E-state index contributed by atoms with van der Waals surface area (Å²) in [5.74, 6) is 0. The lowest BCUT2D eigenvalue weighted by Crippen LogP contribution is -1.99. The maximum atomic E-state index is 5.92. The van der Waals surface area contributed by atoms with Crippen LogP contribution in [0, 0.1) is 0 Å². The molecule has 0 unspecified atom stereocenters. The molecule has 2 aromatic carbocycles. The fraction of sp³-hybridized carbons (Fsp3) is 0.0588. The third-order valence-electron chi connectivity index (χ3n) is 3.47. The highest BCUT2D eigenvalue weighted by Crippen LogP contribution is 2.25. The quantitative estimate of drug-likeness (QED) is 0.584. The van der Waals surface area contributed by atoms with E-state index >= 15 is 0 Å². The first-order valence-corrected chi connectivity index (χ1v) is 8.37. The summed E-state index contributed by atoms with van der Waals surface area (Å²) in [5, 5.41) is 9.44. The summed E-state index contributed by atoms with van der Waals surface area (Å²) < 4.78 is 1.81. The van der Waals surface area contributed by atoms with Crippen molar-refractivity contribution < 1.29 is 0 Å². The Hall–Kier alpha value is -2.37. The molecule has 0 spiro atoms. The van der Waals surface area contributed by atoms with Gasteiger partial charge >= 0.3 is 0 Å². The highest BCUT2D eigenvalue weighted by Gasteiger charge is 2.09. The van der Waals surface area contributed by atoms with Gasteiger partial charge in [-0.2, -0.15) is 0 Å². The Bertz CT molecular complexity index is 897. The molecule has 4 aromatic rings. The Morgan fingerprint density at radius 2 is 1.83 bits per heavy atom. The first-order valence-electron chi connectivity index (χ1n) is 7.18. The maximum Gasteiger partial charge on any atom is 0.214 e. The van der Waals surface area contributed by atoms with Crippen molar-refractivity contribution in [1.82, 2.24) is 14.6 Å². The van der Waals surface area contributed by atoms with Crippen molar-refractivity contribution in [1.29, 1.82) is 0 Å². The van der Waals surface area contributed by atoms with Crippen LogP contribution in [0.2, 0.25) is 5.02 Å². The number of rotatable bonds is 4. The molecule has 4 rings (SSSR count). The van der Waals surface area contributed by atoms with Crippen molar-refractivity contribution >= 4 is 33.0 Å². The van der Waals surface area contributed by atoms with Crippen LogP contribution in [0.1, 0.15) is 5.56 Å². The van der Waals surface area contributed by atoms with Gasteiger partial charge in [0.1, 0.15) is 0 Å². The van der Waals surface area contributed by atoms with Gasteiger partial charge in [-0.3, -0.25) is 0 Å². The monoisotopic (exact) mass is 340 g/mol. The second-order valence-electron chi connectivity index (χ2n) is 5.11. The number of hydrogen-bond acceptors (Lipinski definition) is 4. The van der Waals surface area contributed by atoms with E-state index in [0.29, 0.717) is 0 Å². The normalized spacial score (nSPS) is 11.0. The first kappa shape index (κ1) is 14.2. The highest BCUT2D eigenvalue weighted by atomic mass is 35.5. The van der Waals surface area contributed by atoms with Gasteiger partial charge in [0.15, 0.2) is 0 Å². The molecule has 0 amide bonds. The van der Waals surface area contributed by atoms with Gasteiger partial charge in [0, 0.05) is 17.1 Å². The van der Waals surface area contributed by atoms with Crippen LogP contribution in [0.25, 0.3) is 16.2 Å². The Morgan fingerprint density at radius 1 is 1.04 bits per heavy atom. The van der Waals surface area contributed by atoms with Crippen LogP contribution in [-0.4, -0.2) is 14.6 Å². The number of halogens is 1. The van der Waals surface area contributed by atoms with E-state index in [2.05, 4.69) is 27.5 Å². The molecular weight excluding hydrogens is 328 g/mol. The molecule has 0 bridgehead atoms. The molecule has 0 radical (unpaired) electrons. The largest absolute Gasteiger partial charge is 0.356 e. The number of anilines is 1. The van der Waals surface area contributed by atoms with Gasteiger partial charge in [-0.25, -0.2) is 9.50 Å². The first-order chi connectivity index (χ1) is 11.3. The van der Waals surface area contributed by atoms with Crippen molar-refractivity contribution in [2.75, 3.05) is 5.32 Å². The Morgan fingerprint density at radius 3 is 2.57 bits per heavy atom. The standard InChI is InChI=1S/C17H13ClN4S/c18-14-8-6-13(7-9-14)15-11-22-17(20-15)23-16(21-22)19-10-12-4-2-1-3-5-12/h1-9,11H,10H2,(H,19,21). The summed E-state index contributed by atoms with van der Waals surface area (Å²) in [6.45, 7) is 0.752. The van der Waals surface area contributed by atoms with E-state index in [4.69, 9.17) is 11.6 Å². The third-order valence-corrected chi connectivity index (χ3v) is 4.60. The minimum absolute atomic E-state index is 0.722. The molecule has 0 saturated heterocycles. The van der Waals surface area contributed by atoms with Crippen molar-refractivity contribution in [3.05, 3.63) is 71.4 Å². The predicted octanol–water partition coefficient (Wildman–Crippen LogP) is 4.72. The lowest BCUT2D eigenvalue weighted by atomic mass is 10.2. The number of aromatic nitrogens is 3. The zero-order valence-corrected chi connectivity index (χ0v) is 13.7. The molecule has 4 nitrogen and oxygen atoms in total. The van der Waals surface area contributed by atoms with Crippen molar-refractivity contribution in [3.63, 3.8) is 0 Å². The average molecular weight is 341 g/mol. The van der Waals surface area contributed by atoms with Crippen LogP contribution in [-0.2, 0) is 6.54 Å². The van der Waals surface area contributed by atoms with Crippen LogP contribution < -0.4 is 5.32 Å². The molecular formula is C17H13ClN4S. The summed E-state index contributed by atoms with van der Waals surface area (Å²) in [6.07, 6.45) is 1.93. The topological polar surface area (TPSA) is 42.2 Å². The van der Waals surface area contributed by atoms with E-state index in [1.165, 1.54) is 16.9 Å². The average Bonchev–Trinajstić information content (AvgIpc) is 3.13. The maximum absolute atomic E-state index is 5.92. The van der Waals surface area contributed by atoms with Gasteiger partial charge < -0.3 is 5.32 Å². The molecule has 0 saturated carbocycles. The van der Waals surface area contributed by atoms with Crippen molar-refractivity contribution in [2.45, 2.75) is 6.54 Å². The van der Waals surface area contributed by atoms with Crippen molar-refractivity contribution in [3.8, 4) is 11.3 Å². The van der Waals surface area contributed by atoms with E-state index in [1.807, 2.05) is 53.2 Å². The number of hydrogen-bond donors (Lipinski definition) is 1. The number of benzene rings is 2. The van der Waals surface area contributed by atoms with Crippen LogP contribution in [0.15, 0.2) is 60.8 Å². The van der Waals surface area contributed by atoms with E-state index in [0.717, 1.165) is 32.9 Å². The minimum Gasteiger partial charge on any atom is -0.356 e. The zero-order chi connectivity index (χ0) is 15.6. The second-order valence-corrected chi connectivity index (χ2v) is 6.50. The van der Waals surface area contributed by atoms with E-state index < -0.39 is 0 Å². The Balaban J connectivity index is 1.53. The van der Waals surface area contributed by atoms with Gasteiger partial charge in [0.25, 0.3) is 0 Å². The van der Waals surface area contributed by atoms with E-state index in [-0.39, 0.29) is 0 Å². The van der Waals surface area contributed by atoms with Crippen molar-refractivity contribution in [2.24, 2.45) is 0 Å². The highest BCUT2D eigenvalue weighted by molar-refractivity contribution is 7.20. The van der Waals surface area contributed by atoms with Crippen LogP contribution in [0.3, 0.4) is 0 Å². The lowest BCUT2D eigenvalue weighted by molar-refractivity contribution is 0.962. The predicted molar refractivity (Wildman–Crippen MR) is 95.1 cm³/mol. The molecule has 2 heterocycles. The molecule has 0 aliphatic rings. The third kappa shape index (κ3) is 3.06.